The molecule has 6 aliphatic rings. The smallest absolute Gasteiger partial charge is 0.479 e. The molecule has 9 aromatic carbocycles. The van der Waals surface area contributed by atoms with Gasteiger partial charge in [-0.15, -0.1) is 0 Å². The first-order valence-corrected chi connectivity index (χ1v) is 39.7. The summed E-state index contributed by atoms with van der Waals surface area (Å²) >= 11 is 10.9. The van der Waals surface area contributed by atoms with Gasteiger partial charge >= 0.3 is 15.9 Å². The Morgan fingerprint density at radius 2 is 0.740 bits per heavy atom. The molecule has 534 valence electrons. The van der Waals surface area contributed by atoms with Gasteiger partial charge in [-0.25, -0.2) is 0 Å². The molecule has 9 aromatic rings. The van der Waals surface area contributed by atoms with Crippen molar-refractivity contribution in [3.8, 4) is 0 Å². The molecule has 5 unspecified atom stereocenters. The number of aliphatic hydroxyl groups excluding tert-OH is 2. The van der Waals surface area contributed by atoms with E-state index in [9.17, 15) is 15.0 Å². The number of carbonyl (C=O) groups is 1. The molecule has 11 heteroatoms. The number of hydrogen-bond donors (Lipinski definition) is 3. The Morgan fingerprint density at radius 3 is 1.10 bits per heavy atom. The SMILES string of the molecule is CC(C)(C)O.CC(C)(C)[O][Al][O]C(C)(C)C.Cc1cc2c(c(C)c1Br)CC(Cc1ccccc1)(C1=Cc3ccccc3C1)C2=O.Cc1cc2c(c(C)c1Br)CC(Cc1ccccc1)(C1=Cc3ccccc3C1)C2O.Cc1cc2c(c(C)c1Br)CC(Cc1ccccc1)(C1=Cc3ccccc3C1)C2O.[Li]. The van der Waals surface area contributed by atoms with Gasteiger partial charge in [0.25, 0.3) is 0 Å². The zero-order valence-electron chi connectivity index (χ0n) is 63.8. The van der Waals surface area contributed by atoms with Crippen LogP contribution < -0.4 is 0 Å². The number of carbonyl (C=O) groups excluding carboxylic acids is 1. The van der Waals surface area contributed by atoms with Crippen LogP contribution in [0.15, 0.2) is 212 Å². The van der Waals surface area contributed by atoms with E-state index in [1.165, 1.54) is 120 Å². The van der Waals surface area contributed by atoms with Gasteiger partial charge in [0.05, 0.1) is 23.2 Å². The molecule has 0 bridgehead atoms. The van der Waals surface area contributed by atoms with Crippen LogP contribution in [0, 0.1) is 57.8 Å². The van der Waals surface area contributed by atoms with E-state index in [0.717, 1.165) is 84.5 Å². The van der Waals surface area contributed by atoms with Crippen LogP contribution in [0.4, 0.5) is 0 Å². The molecule has 0 aliphatic heterocycles. The quantitative estimate of drug-likeness (QED) is 0.112. The average Bonchev–Trinajstić information content (AvgIpc) is 1.59. The van der Waals surface area contributed by atoms with Crippen molar-refractivity contribution in [3.63, 3.8) is 0 Å². The number of Topliss-reactive ketones (excluding diaryl/α,β-unsaturated/α-hetero) is 1. The van der Waals surface area contributed by atoms with Crippen LogP contribution in [0.2, 0.25) is 0 Å². The first-order valence-electron chi connectivity index (χ1n) is 36.3. The van der Waals surface area contributed by atoms with Gasteiger partial charge in [-0.1, -0.05) is 259 Å². The van der Waals surface area contributed by atoms with Crippen LogP contribution in [-0.4, -0.2) is 72.7 Å². The van der Waals surface area contributed by atoms with Crippen LogP contribution in [0.1, 0.15) is 196 Å². The van der Waals surface area contributed by atoms with Gasteiger partial charge in [0.15, 0.2) is 5.78 Å². The molecule has 6 nitrogen and oxygen atoms in total. The number of aliphatic hydroxyl groups is 3. The van der Waals surface area contributed by atoms with Crippen molar-refractivity contribution in [1.29, 1.82) is 0 Å². The fraction of sp³-hybridized carbons (Fsp3) is 0.344. The van der Waals surface area contributed by atoms with Gasteiger partial charge in [-0.2, -0.15) is 0 Å². The second-order valence-corrected chi connectivity index (χ2v) is 35.5. The summed E-state index contributed by atoms with van der Waals surface area (Å²) in [7, 11) is 0. The van der Waals surface area contributed by atoms with E-state index in [-0.39, 0.29) is 62.6 Å². The minimum Gasteiger partial charge on any atom is -0.479 e. The summed E-state index contributed by atoms with van der Waals surface area (Å²) in [5.41, 5.74) is 28.2. The van der Waals surface area contributed by atoms with Crippen LogP contribution in [0.3, 0.4) is 0 Å². The van der Waals surface area contributed by atoms with Gasteiger partial charge in [-0.05, 0) is 279 Å². The minimum atomic E-state index is -0.500. The van der Waals surface area contributed by atoms with Gasteiger partial charge in [-0.3, -0.25) is 4.79 Å². The average molecular weight is 1590 g/mol. The summed E-state index contributed by atoms with van der Waals surface area (Å²) in [5, 5.41) is 32.1. The summed E-state index contributed by atoms with van der Waals surface area (Å²) in [6.07, 6.45) is 13.6. The number of ketones is 1. The molecular formula is C93H101AlBr3LiO6. The van der Waals surface area contributed by atoms with E-state index in [0.29, 0.717) is 0 Å². The van der Waals surface area contributed by atoms with Crippen molar-refractivity contribution in [2.75, 3.05) is 0 Å². The molecule has 5 atom stereocenters. The summed E-state index contributed by atoms with van der Waals surface area (Å²) in [6.45, 7) is 30.2. The number of hydrogen-bond acceptors (Lipinski definition) is 6. The minimum absolute atomic E-state index is 0. The van der Waals surface area contributed by atoms with Crippen molar-refractivity contribution >= 4 is 107 Å². The maximum atomic E-state index is 14.0. The summed E-state index contributed by atoms with van der Waals surface area (Å²) in [6, 6.07) is 64.0. The molecule has 0 saturated heterocycles. The zero-order valence-corrected chi connectivity index (χ0v) is 69.8. The zero-order chi connectivity index (χ0) is 74.1. The number of halogens is 3. The predicted octanol–water partition coefficient (Wildman–Crippen LogP) is 22.3. The van der Waals surface area contributed by atoms with Crippen LogP contribution >= 0.6 is 47.8 Å². The largest absolute Gasteiger partial charge is 0.669 e. The summed E-state index contributed by atoms with van der Waals surface area (Å²) in [5.74, 6) is 0.286. The number of aryl methyl sites for hydroxylation is 3. The standard InChI is InChI=1S/2C27H25BrO.C27H23BrO.C4H10O.2C4H9O.Al.Li/c3*1-17-12-23-24(18(2)25(17)28)16-27(26(23)29,15-19-8-4-3-5-9-19)22-13-20-10-6-7-11-21(20)14-22;3*1-4(2,3)5;;/h2*3-13,26,29H,14-16H2,1-2H3;3-13H,14-16H2,1-2H3;5H,1-3H3;2*1-3H3;;/q;;;;2*-1;+2;. The van der Waals surface area contributed by atoms with E-state index in [2.05, 4.69) is 283 Å². The molecular weight excluding hydrogens is 1490 g/mol. The maximum absolute atomic E-state index is 14.0. The Bertz CT molecular complexity index is 4510. The van der Waals surface area contributed by atoms with Crippen molar-refractivity contribution in [2.24, 2.45) is 16.2 Å². The van der Waals surface area contributed by atoms with Crippen LogP contribution in [0.25, 0.3) is 18.2 Å². The number of benzene rings is 9. The van der Waals surface area contributed by atoms with Crippen LogP contribution in [-0.2, 0) is 65.4 Å². The molecule has 0 aromatic heterocycles. The summed E-state index contributed by atoms with van der Waals surface area (Å²) in [4.78, 5) is 14.0. The number of fused-ring (bicyclic) bond motifs is 6. The van der Waals surface area contributed by atoms with Crippen molar-refractivity contribution in [1.82, 2.24) is 0 Å². The molecule has 15 rings (SSSR count). The first-order chi connectivity index (χ1) is 48.7. The van der Waals surface area contributed by atoms with Crippen molar-refractivity contribution < 1.29 is 27.7 Å². The predicted molar refractivity (Wildman–Crippen MR) is 443 cm³/mol. The van der Waals surface area contributed by atoms with Gasteiger partial charge in [0.1, 0.15) is 0 Å². The Labute approximate surface area is 664 Å². The molecule has 3 N–H and O–H groups in total. The molecule has 104 heavy (non-hydrogen) atoms. The second kappa shape index (κ2) is 33.0. The van der Waals surface area contributed by atoms with E-state index in [1.807, 2.05) is 47.6 Å². The molecule has 6 aliphatic carbocycles. The van der Waals surface area contributed by atoms with Gasteiger partial charge in [0, 0.05) is 59.9 Å². The monoisotopic (exact) mass is 1580 g/mol. The topological polar surface area (TPSA) is 96.2 Å². The third-order valence-corrected chi connectivity index (χ3v) is 26.6. The first kappa shape index (κ1) is 80.8. The van der Waals surface area contributed by atoms with Crippen molar-refractivity contribution in [2.45, 2.75) is 191 Å². The Hall–Kier alpha value is -5.76. The van der Waals surface area contributed by atoms with Gasteiger partial charge < -0.3 is 22.9 Å². The number of rotatable bonds is 11. The Balaban J connectivity index is 0.000000151. The number of allylic oxidation sites excluding steroid dienone is 1. The van der Waals surface area contributed by atoms with E-state index in [1.54, 1.807) is 20.8 Å². The van der Waals surface area contributed by atoms with E-state index in [4.69, 9.17) is 12.7 Å². The molecule has 0 amide bonds. The maximum Gasteiger partial charge on any atom is 0.669 e. The molecule has 0 spiro atoms. The molecule has 2 radical (unpaired) electrons. The summed E-state index contributed by atoms with van der Waals surface area (Å²) < 4.78 is 14.4. The van der Waals surface area contributed by atoms with E-state index >= 15 is 0 Å². The normalized spacial score (nSPS) is 20.0. The molecule has 0 saturated carbocycles. The van der Waals surface area contributed by atoms with E-state index < -0.39 is 23.2 Å². The third-order valence-electron chi connectivity index (χ3n) is 21.4. The molecule has 0 heterocycles. The van der Waals surface area contributed by atoms with Gasteiger partial charge in [0.2, 0.25) is 0 Å². The fourth-order valence-corrected chi connectivity index (χ4v) is 17.8. The fourth-order valence-electron chi connectivity index (χ4n) is 16.1. The Kier molecular flexibility index (Phi) is 25.6. The second-order valence-electron chi connectivity index (χ2n) is 32.5. The van der Waals surface area contributed by atoms with Crippen LogP contribution in [0.5, 0.6) is 0 Å². The van der Waals surface area contributed by atoms with Crippen molar-refractivity contribution in [3.05, 3.63) is 329 Å². The Morgan fingerprint density at radius 1 is 0.433 bits per heavy atom. The molecule has 0 fully saturated rings. The third kappa shape index (κ3) is 17.8.